The quantitative estimate of drug-likeness (QED) is 0.697. The molecule has 80 valence electrons. The molecule has 1 aliphatic carbocycles. The Bertz CT molecular complexity index is 450. The van der Waals surface area contributed by atoms with E-state index < -0.39 is 0 Å². The van der Waals surface area contributed by atoms with Gasteiger partial charge in [0.15, 0.2) is 5.78 Å². The number of carbonyl (C=O) groups is 1. The van der Waals surface area contributed by atoms with Crippen LogP contribution in [-0.2, 0) is 4.79 Å². The molecule has 0 spiro atoms. The molecule has 1 aromatic carbocycles. The second-order valence-corrected chi connectivity index (χ2v) is 3.77. The zero-order chi connectivity index (χ0) is 11.2. The predicted octanol–water partition coefficient (Wildman–Crippen LogP) is 3.55. The topological polar surface area (TPSA) is 17.1 Å². The van der Waals surface area contributed by atoms with Gasteiger partial charge in [0.1, 0.15) is 0 Å². The van der Waals surface area contributed by atoms with Crippen LogP contribution in [0.2, 0.25) is 0 Å². The molecule has 16 heavy (non-hydrogen) atoms. The van der Waals surface area contributed by atoms with Crippen molar-refractivity contribution >= 4 is 11.9 Å². The lowest BCUT2D eigenvalue weighted by molar-refractivity contribution is -0.111. The van der Waals surface area contributed by atoms with Gasteiger partial charge in [-0.2, -0.15) is 0 Å². The Labute approximate surface area is 95.8 Å². The van der Waals surface area contributed by atoms with E-state index in [0.29, 0.717) is 0 Å². The van der Waals surface area contributed by atoms with Crippen molar-refractivity contribution in [3.63, 3.8) is 0 Å². The summed E-state index contributed by atoms with van der Waals surface area (Å²) in [4.78, 5) is 11.8. The normalized spacial score (nSPS) is 15.1. The maximum atomic E-state index is 11.8. The Kier molecular flexibility index (Phi) is 3.50. The minimum atomic E-state index is 0.119. The molecule has 1 heteroatoms. The van der Waals surface area contributed by atoms with Gasteiger partial charge in [-0.3, -0.25) is 4.79 Å². The molecule has 0 atom stereocenters. The minimum absolute atomic E-state index is 0.119. The molecule has 0 aromatic heterocycles. The van der Waals surface area contributed by atoms with Crippen LogP contribution < -0.4 is 0 Å². The number of hydrogen-bond acceptors (Lipinski definition) is 1. The van der Waals surface area contributed by atoms with Gasteiger partial charge in [0.2, 0.25) is 0 Å². The van der Waals surface area contributed by atoms with E-state index in [4.69, 9.17) is 0 Å². The summed E-state index contributed by atoms with van der Waals surface area (Å²) in [6.45, 7) is 0. The zero-order valence-electron chi connectivity index (χ0n) is 9.10. The molecule has 0 heterocycles. The zero-order valence-corrected chi connectivity index (χ0v) is 9.10. The van der Waals surface area contributed by atoms with Gasteiger partial charge in [-0.25, -0.2) is 0 Å². The van der Waals surface area contributed by atoms with Crippen LogP contribution in [0.15, 0.2) is 60.2 Å². The average molecular weight is 210 g/mol. The van der Waals surface area contributed by atoms with E-state index >= 15 is 0 Å². The fraction of sp³-hybridized carbons (Fsp3) is 0.133. The Hall–Kier alpha value is -1.89. The van der Waals surface area contributed by atoms with Crippen LogP contribution in [0.25, 0.3) is 6.08 Å². The largest absolute Gasteiger partial charge is 0.290 e. The van der Waals surface area contributed by atoms with Gasteiger partial charge in [0.05, 0.1) is 0 Å². The maximum absolute atomic E-state index is 11.8. The summed E-state index contributed by atoms with van der Waals surface area (Å²) < 4.78 is 0. The second kappa shape index (κ2) is 5.26. The van der Waals surface area contributed by atoms with Gasteiger partial charge in [-0.05, 0) is 30.1 Å². The third-order valence-corrected chi connectivity index (χ3v) is 2.56. The van der Waals surface area contributed by atoms with E-state index in [1.807, 2.05) is 48.6 Å². The van der Waals surface area contributed by atoms with Gasteiger partial charge in [0, 0.05) is 0 Å². The van der Waals surface area contributed by atoms with E-state index in [-0.39, 0.29) is 5.78 Å². The summed E-state index contributed by atoms with van der Waals surface area (Å²) in [6.07, 6.45) is 11.3. The molecule has 0 aliphatic heterocycles. The van der Waals surface area contributed by atoms with Crippen LogP contribution in [0.3, 0.4) is 0 Å². The van der Waals surface area contributed by atoms with Crippen LogP contribution in [0, 0.1) is 0 Å². The third-order valence-electron chi connectivity index (χ3n) is 2.56. The highest BCUT2D eigenvalue weighted by molar-refractivity contribution is 6.06. The molecule has 0 fully saturated rings. The van der Waals surface area contributed by atoms with Gasteiger partial charge >= 0.3 is 0 Å². The van der Waals surface area contributed by atoms with Gasteiger partial charge in [-0.1, -0.05) is 54.6 Å². The van der Waals surface area contributed by atoms with Crippen molar-refractivity contribution in [2.75, 3.05) is 0 Å². The number of hydrogen-bond donors (Lipinski definition) is 0. The van der Waals surface area contributed by atoms with E-state index in [1.54, 1.807) is 6.08 Å². The molecule has 0 saturated carbocycles. The van der Waals surface area contributed by atoms with Crippen LogP contribution in [0.5, 0.6) is 0 Å². The number of benzene rings is 1. The number of allylic oxidation sites excluding steroid dienone is 5. The van der Waals surface area contributed by atoms with E-state index in [2.05, 4.69) is 6.08 Å². The van der Waals surface area contributed by atoms with Crippen LogP contribution in [0.4, 0.5) is 0 Å². The van der Waals surface area contributed by atoms with Gasteiger partial charge in [0.25, 0.3) is 0 Å². The highest BCUT2D eigenvalue weighted by atomic mass is 16.1. The summed E-state index contributed by atoms with van der Waals surface area (Å²) in [5.41, 5.74) is 1.96. The highest BCUT2D eigenvalue weighted by Crippen LogP contribution is 2.13. The number of carbonyl (C=O) groups excluding carboxylic acids is 1. The van der Waals surface area contributed by atoms with Crippen molar-refractivity contribution in [3.8, 4) is 0 Å². The third kappa shape index (κ3) is 2.80. The van der Waals surface area contributed by atoms with Crippen LogP contribution >= 0.6 is 0 Å². The second-order valence-electron chi connectivity index (χ2n) is 3.77. The first kappa shape index (κ1) is 10.6. The summed E-state index contributed by atoms with van der Waals surface area (Å²) in [5, 5.41) is 0. The fourth-order valence-electron chi connectivity index (χ4n) is 1.65. The minimum Gasteiger partial charge on any atom is -0.290 e. The van der Waals surface area contributed by atoms with Crippen molar-refractivity contribution in [1.29, 1.82) is 0 Å². The first-order valence-electron chi connectivity index (χ1n) is 5.49. The monoisotopic (exact) mass is 210 g/mol. The lowest BCUT2D eigenvalue weighted by atomic mass is 10.0. The fourth-order valence-corrected chi connectivity index (χ4v) is 1.65. The predicted molar refractivity (Wildman–Crippen MR) is 66.9 cm³/mol. The molecular weight excluding hydrogens is 196 g/mol. The molecule has 1 nitrogen and oxygen atoms in total. The highest BCUT2D eigenvalue weighted by Gasteiger charge is 2.06. The van der Waals surface area contributed by atoms with E-state index in [0.717, 1.165) is 24.0 Å². The number of ketones is 1. The standard InChI is InChI=1S/C15H14O/c16-15(14-9-5-2-6-10-14)12-11-13-7-3-1-4-8-13/h1-5,7-9,11-12H,6,10H2/b12-11+. The Morgan fingerprint density at radius 2 is 2.00 bits per heavy atom. The number of rotatable bonds is 3. The molecule has 1 aromatic rings. The summed E-state index contributed by atoms with van der Waals surface area (Å²) >= 11 is 0. The Balaban J connectivity index is 2.05. The lowest BCUT2D eigenvalue weighted by Gasteiger charge is -2.04. The molecule has 0 radical (unpaired) electrons. The van der Waals surface area contributed by atoms with Crippen molar-refractivity contribution in [2.45, 2.75) is 12.8 Å². The summed E-state index contributed by atoms with van der Waals surface area (Å²) in [5.74, 6) is 0.119. The first-order chi connectivity index (χ1) is 7.86. The smallest absolute Gasteiger partial charge is 0.181 e. The van der Waals surface area contributed by atoms with E-state index in [1.165, 1.54) is 0 Å². The summed E-state index contributed by atoms with van der Waals surface area (Å²) in [7, 11) is 0. The van der Waals surface area contributed by atoms with Crippen molar-refractivity contribution < 1.29 is 4.79 Å². The molecule has 0 bridgehead atoms. The molecular formula is C15H14O. The SMILES string of the molecule is O=C(/C=C/c1ccccc1)C1=CC=CCC1. The molecule has 0 amide bonds. The summed E-state index contributed by atoms with van der Waals surface area (Å²) in [6, 6.07) is 9.87. The first-order valence-corrected chi connectivity index (χ1v) is 5.49. The van der Waals surface area contributed by atoms with Crippen molar-refractivity contribution in [3.05, 3.63) is 65.8 Å². The van der Waals surface area contributed by atoms with Gasteiger partial charge < -0.3 is 0 Å². The van der Waals surface area contributed by atoms with E-state index in [9.17, 15) is 4.79 Å². The molecule has 2 rings (SSSR count). The van der Waals surface area contributed by atoms with Crippen molar-refractivity contribution in [2.24, 2.45) is 0 Å². The molecule has 1 aliphatic rings. The Morgan fingerprint density at radius 1 is 1.19 bits per heavy atom. The average Bonchev–Trinajstić information content (AvgIpc) is 2.38. The van der Waals surface area contributed by atoms with Crippen LogP contribution in [-0.4, -0.2) is 5.78 Å². The molecule has 0 N–H and O–H groups in total. The Morgan fingerprint density at radius 3 is 2.69 bits per heavy atom. The van der Waals surface area contributed by atoms with Crippen LogP contribution in [0.1, 0.15) is 18.4 Å². The molecule has 0 unspecified atom stereocenters. The molecule has 0 saturated heterocycles. The van der Waals surface area contributed by atoms with Crippen molar-refractivity contribution in [1.82, 2.24) is 0 Å². The maximum Gasteiger partial charge on any atom is 0.181 e. The van der Waals surface area contributed by atoms with Gasteiger partial charge in [-0.15, -0.1) is 0 Å². The lowest BCUT2D eigenvalue weighted by Crippen LogP contribution is -1.99.